The molecule has 2 aliphatic rings. The van der Waals surface area contributed by atoms with Crippen LogP contribution in [0.1, 0.15) is 38.6 Å². The highest BCUT2D eigenvalue weighted by molar-refractivity contribution is 6.15. The summed E-state index contributed by atoms with van der Waals surface area (Å²) in [4.78, 5) is 86.9. The molecule has 0 bridgehead atoms. The lowest BCUT2D eigenvalue weighted by Gasteiger charge is -2.38. The number of anilines is 2. The molecule has 0 aliphatic carbocycles. The van der Waals surface area contributed by atoms with E-state index in [1.54, 1.807) is 31.4 Å². The Bertz CT molecular complexity index is 2470. The van der Waals surface area contributed by atoms with Crippen molar-refractivity contribution in [3.05, 3.63) is 66.0 Å². The van der Waals surface area contributed by atoms with Crippen LogP contribution in [0.4, 0.5) is 16.3 Å². The minimum absolute atomic E-state index is 0.0619. The van der Waals surface area contributed by atoms with E-state index in [4.69, 9.17) is 30.7 Å². The highest BCUT2D eigenvalue weighted by atomic mass is 16.7. The van der Waals surface area contributed by atoms with Gasteiger partial charge in [0.25, 0.3) is 11.8 Å². The topological polar surface area (TPSA) is 345 Å². The van der Waals surface area contributed by atoms with Gasteiger partial charge >= 0.3 is 12.1 Å². The smallest absolute Gasteiger partial charge is 0.410 e. The summed E-state index contributed by atoms with van der Waals surface area (Å²) in [5.41, 5.74) is 12.6. The molecule has 4 heterocycles. The number of hydrogen-bond acceptors (Lipinski definition) is 17. The third-order valence-electron chi connectivity index (χ3n) is 10.3. The average Bonchev–Trinajstić information content (AvgIpc) is 3.77. The van der Waals surface area contributed by atoms with Gasteiger partial charge in [-0.25, -0.2) is 19.6 Å². The molecule has 23 heteroatoms. The number of para-hydroxylation sites is 1. The van der Waals surface area contributed by atoms with Gasteiger partial charge in [-0.3, -0.25) is 24.1 Å². The molecule has 5 amide bonds. The van der Waals surface area contributed by atoms with Gasteiger partial charge in [-0.1, -0.05) is 24.3 Å². The van der Waals surface area contributed by atoms with Gasteiger partial charge in [-0.15, -0.1) is 0 Å². The number of nitrogens with zero attached hydrogens (tertiary/aromatic N) is 5. The first-order chi connectivity index (χ1) is 30.3. The van der Waals surface area contributed by atoms with Crippen molar-refractivity contribution in [3.8, 4) is 5.75 Å². The Hall–Kier alpha value is -6.76. The van der Waals surface area contributed by atoms with Gasteiger partial charge in [-0.05, 0) is 44.5 Å². The summed E-state index contributed by atoms with van der Waals surface area (Å²) in [6.45, 7) is 4.16. The molecule has 0 spiro atoms. The molecule has 2 aliphatic heterocycles. The minimum atomic E-state index is -2.01. The van der Waals surface area contributed by atoms with Crippen LogP contribution in [0.3, 0.4) is 0 Å². The zero-order chi connectivity index (χ0) is 46.6. The molecule has 11 N–H and O–H groups in total. The van der Waals surface area contributed by atoms with Crippen molar-refractivity contribution in [3.63, 3.8) is 0 Å². The monoisotopic (exact) mass is 891 g/mol. The van der Waals surface area contributed by atoms with Gasteiger partial charge in [-0.2, -0.15) is 0 Å². The van der Waals surface area contributed by atoms with E-state index in [0.717, 1.165) is 17.5 Å². The number of nitrogens with two attached hydrogens (primary N) is 2. The summed E-state index contributed by atoms with van der Waals surface area (Å²) >= 11 is 0. The molecule has 0 radical (unpaired) electrons. The molecule has 0 saturated carbocycles. The second kappa shape index (κ2) is 19.3. The van der Waals surface area contributed by atoms with Crippen molar-refractivity contribution >= 4 is 69.1 Å². The number of carboxylic acid groups (broad SMARTS) is 1. The molecule has 6 rings (SSSR count). The second-order valence-electron chi connectivity index (χ2n) is 15.6. The standard InChI is InChI=1S/C41H49N9O14/c1-4-48(17-26-47-30-31(49(26)19-41(2,3)61)21-7-5-6-8-22(21)46-36(30)43)40(60)62-18-20-9-10-25(63-39-34(56)32(54)33(55)35(64-39)38(58)59)23(15-20)45-27(51)13-14-44-37(57)24(16-42)50-28(52)11-12-29(50)53/h5-12,15,24,32-35,39,54-56,61H,4,13-14,16-19,42H2,1-3H3,(H2,43,46)(H,44,57)(H,45,51)(H,58,59)/t24?,32-,33-,34+,35-,39+/m0/s1. The van der Waals surface area contributed by atoms with Crippen molar-refractivity contribution < 1.29 is 68.5 Å². The van der Waals surface area contributed by atoms with Crippen LogP contribution in [0.25, 0.3) is 21.9 Å². The lowest BCUT2D eigenvalue weighted by Crippen LogP contribution is -2.61. The number of nitrogen functional groups attached to an aromatic ring is 1. The van der Waals surface area contributed by atoms with Crippen LogP contribution in [0.15, 0.2) is 54.6 Å². The summed E-state index contributed by atoms with van der Waals surface area (Å²) in [6, 6.07) is 10.0. The Morgan fingerprint density at radius 3 is 2.38 bits per heavy atom. The fourth-order valence-electron chi connectivity index (χ4n) is 7.12. The maximum absolute atomic E-state index is 13.6. The molecule has 23 nitrogen and oxygen atoms in total. The predicted octanol–water partition coefficient (Wildman–Crippen LogP) is -0.936. The molecule has 4 aromatic rings. The first kappa shape index (κ1) is 46.7. The fourth-order valence-corrected chi connectivity index (χ4v) is 7.12. The highest BCUT2D eigenvalue weighted by Gasteiger charge is 2.48. The van der Waals surface area contributed by atoms with Gasteiger partial charge in [0.15, 0.2) is 11.9 Å². The number of pyridine rings is 1. The zero-order valence-corrected chi connectivity index (χ0v) is 34.9. The van der Waals surface area contributed by atoms with Crippen LogP contribution >= 0.6 is 0 Å². The number of aliphatic hydroxyl groups is 4. The van der Waals surface area contributed by atoms with E-state index in [2.05, 4.69) is 15.6 Å². The average molecular weight is 892 g/mol. The molecule has 2 aromatic heterocycles. The van der Waals surface area contributed by atoms with E-state index in [1.165, 1.54) is 23.1 Å². The largest absolute Gasteiger partial charge is 0.479 e. The maximum Gasteiger partial charge on any atom is 0.410 e. The number of aliphatic carboxylic acids is 1. The Balaban J connectivity index is 1.20. The number of aliphatic hydroxyl groups excluding tert-OH is 3. The van der Waals surface area contributed by atoms with E-state index in [1.807, 2.05) is 18.2 Å². The number of hydrogen-bond donors (Lipinski definition) is 9. The number of carbonyl (C=O) groups excluding carboxylic acids is 5. The Labute approximate surface area is 364 Å². The molecular weight excluding hydrogens is 842 g/mol. The number of aromatic nitrogens is 3. The van der Waals surface area contributed by atoms with Crippen molar-refractivity contribution in [1.82, 2.24) is 29.7 Å². The maximum atomic E-state index is 13.6. The summed E-state index contributed by atoms with van der Waals surface area (Å²) in [7, 11) is 0. The molecule has 1 fully saturated rings. The van der Waals surface area contributed by atoms with Gasteiger partial charge in [0, 0.05) is 43.6 Å². The van der Waals surface area contributed by atoms with Crippen LogP contribution in [0.5, 0.6) is 5.75 Å². The quantitative estimate of drug-likeness (QED) is 0.0578. The number of amides is 5. The molecule has 6 atom stereocenters. The normalized spacial score (nSPS) is 20.4. The summed E-state index contributed by atoms with van der Waals surface area (Å²) < 4.78 is 18.5. The summed E-state index contributed by atoms with van der Waals surface area (Å²) in [5, 5.41) is 57.3. The fraction of sp³-hybridized carbons (Fsp3) is 0.415. The zero-order valence-electron chi connectivity index (χ0n) is 34.9. The van der Waals surface area contributed by atoms with Gasteiger partial charge in [0.1, 0.15) is 48.1 Å². The predicted molar refractivity (Wildman–Crippen MR) is 223 cm³/mol. The highest BCUT2D eigenvalue weighted by Crippen LogP contribution is 2.33. The Kier molecular flexibility index (Phi) is 14.1. The van der Waals surface area contributed by atoms with E-state index in [0.29, 0.717) is 32.8 Å². The third kappa shape index (κ3) is 10.2. The van der Waals surface area contributed by atoms with Crippen LogP contribution in [-0.4, -0.2) is 148 Å². The van der Waals surface area contributed by atoms with Crippen molar-refractivity contribution in [2.45, 2.75) is 89.2 Å². The Morgan fingerprint density at radius 1 is 1.02 bits per heavy atom. The lowest BCUT2D eigenvalue weighted by atomic mass is 9.99. The number of imide groups is 1. The van der Waals surface area contributed by atoms with Gasteiger partial charge in [0.2, 0.25) is 18.1 Å². The number of carboxylic acids is 1. The molecule has 1 saturated heterocycles. The third-order valence-corrected chi connectivity index (χ3v) is 10.3. The molecule has 1 unspecified atom stereocenters. The number of rotatable bonds is 17. The summed E-state index contributed by atoms with van der Waals surface area (Å²) in [6.07, 6.45) is -8.96. The molecule has 342 valence electrons. The van der Waals surface area contributed by atoms with Crippen LogP contribution < -0.4 is 26.8 Å². The SMILES string of the molecule is CCN(Cc1nc2c(N)nc3ccccc3c2n1CC(C)(C)O)C(=O)OCc1ccc(O[C@@H]2O[C@H](C(=O)O)[C@@H](O)[C@H](O)[C@H]2O)c(NC(=O)CCNC(=O)C(CN)N2C(=O)C=CC2=O)c1. The number of ether oxygens (including phenoxy) is 3. The van der Waals surface area contributed by atoms with Crippen LogP contribution in [0.2, 0.25) is 0 Å². The molecule has 2 aromatic carbocycles. The number of fused-ring (bicyclic) bond motifs is 3. The van der Waals surface area contributed by atoms with Crippen LogP contribution in [-0.2, 0) is 53.1 Å². The van der Waals surface area contributed by atoms with Gasteiger partial charge in [0.05, 0.1) is 35.4 Å². The second-order valence-corrected chi connectivity index (χ2v) is 15.6. The van der Waals surface area contributed by atoms with E-state index in [-0.39, 0.29) is 63.0 Å². The number of carbonyl (C=O) groups is 6. The number of benzene rings is 2. The Morgan fingerprint density at radius 2 is 1.72 bits per heavy atom. The summed E-state index contributed by atoms with van der Waals surface area (Å²) in [5.74, 6) is -4.28. The first-order valence-electron chi connectivity index (χ1n) is 20.0. The van der Waals surface area contributed by atoms with Crippen molar-refractivity contribution in [2.24, 2.45) is 5.73 Å². The van der Waals surface area contributed by atoms with Crippen molar-refractivity contribution in [1.29, 1.82) is 0 Å². The lowest BCUT2D eigenvalue weighted by molar-refractivity contribution is -0.271. The minimum Gasteiger partial charge on any atom is -0.479 e. The molecule has 64 heavy (non-hydrogen) atoms. The number of imidazole rings is 1. The van der Waals surface area contributed by atoms with E-state index >= 15 is 0 Å². The van der Waals surface area contributed by atoms with E-state index in [9.17, 15) is 54.3 Å². The van der Waals surface area contributed by atoms with Crippen LogP contribution in [0, 0.1) is 0 Å². The number of nitrogens with one attached hydrogen (secondary N) is 2. The van der Waals surface area contributed by atoms with Crippen molar-refractivity contribution in [2.75, 3.05) is 30.7 Å². The first-order valence-corrected chi connectivity index (χ1v) is 20.0. The van der Waals surface area contributed by atoms with E-state index < -0.39 is 78.0 Å². The molecular formula is C41H49N9O14. The van der Waals surface area contributed by atoms with Gasteiger partial charge < -0.3 is 71.3 Å².